The van der Waals surface area contributed by atoms with Crippen molar-refractivity contribution >= 4 is 0 Å². The highest BCUT2D eigenvalue weighted by molar-refractivity contribution is 5.82. The molecule has 2 aromatic rings. The van der Waals surface area contributed by atoms with Crippen molar-refractivity contribution < 1.29 is 18.9 Å². The second kappa shape index (κ2) is 8.93. The van der Waals surface area contributed by atoms with E-state index in [1.54, 1.807) is 33.5 Å². The molecule has 0 fully saturated rings. The summed E-state index contributed by atoms with van der Waals surface area (Å²) in [5.41, 5.74) is 3.36. The van der Waals surface area contributed by atoms with E-state index < -0.39 is 0 Å². The Kier molecular flexibility index (Phi) is 6.50. The number of benzene rings is 1. The van der Waals surface area contributed by atoms with Gasteiger partial charge in [-0.1, -0.05) is 12.0 Å². The molecule has 0 saturated heterocycles. The number of aryl methyl sites for hydroxylation is 1. The molecule has 5 nitrogen and oxygen atoms in total. The molecule has 31 heavy (non-hydrogen) atoms. The van der Waals surface area contributed by atoms with Crippen LogP contribution in [0.5, 0.6) is 23.0 Å². The maximum atomic E-state index is 12.9. The summed E-state index contributed by atoms with van der Waals surface area (Å²) in [6.07, 6.45) is 1.61. The number of hydrogen-bond acceptors (Lipinski definition) is 5. The minimum Gasteiger partial charge on any atom is -0.493 e. The van der Waals surface area contributed by atoms with Gasteiger partial charge in [0.25, 0.3) is 0 Å². The zero-order valence-electron chi connectivity index (χ0n) is 19.3. The Morgan fingerprint density at radius 3 is 2.19 bits per heavy atom. The number of rotatable bonds is 5. The van der Waals surface area contributed by atoms with Crippen molar-refractivity contribution in [2.24, 2.45) is 5.41 Å². The highest BCUT2D eigenvalue weighted by Gasteiger charge is 2.35. The first-order valence-corrected chi connectivity index (χ1v) is 10.3. The summed E-state index contributed by atoms with van der Waals surface area (Å²) in [7, 11) is 6.34. The summed E-state index contributed by atoms with van der Waals surface area (Å²) < 4.78 is 22.4. The van der Waals surface area contributed by atoms with E-state index in [1.807, 2.05) is 19.1 Å². The van der Waals surface area contributed by atoms with Gasteiger partial charge in [-0.2, -0.15) is 0 Å². The Bertz CT molecular complexity index is 1110. The smallest absolute Gasteiger partial charge is 0.220 e. The minimum absolute atomic E-state index is 0.0360. The Labute approximate surface area is 184 Å². The predicted octanol–water partition coefficient (Wildman–Crippen LogP) is 4.83. The van der Waals surface area contributed by atoms with Gasteiger partial charge in [0.1, 0.15) is 0 Å². The maximum Gasteiger partial charge on any atom is 0.220 e. The van der Waals surface area contributed by atoms with Crippen LogP contribution in [-0.2, 0) is 6.42 Å². The molecule has 0 heterocycles. The van der Waals surface area contributed by atoms with Gasteiger partial charge < -0.3 is 18.9 Å². The molecular weight excluding hydrogens is 392 g/mol. The molecule has 0 aromatic heterocycles. The van der Waals surface area contributed by atoms with E-state index in [-0.39, 0.29) is 16.8 Å². The minimum atomic E-state index is -0.332. The van der Waals surface area contributed by atoms with Crippen LogP contribution in [-0.4, -0.2) is 28.4 Å². The molecule has 0 radical (unpaired) electrons. The average Bonchev–Trinajstić information content (AvgIpc) is 2.99. The summed E-state index contributed by atoms with van der Waals surface area (Å²) in [4.78, 5) is 12.9. The van der Waals surface area contributed by atoms with Crippen molar-refractivity contribution in [3.63, 3.8) is 0 Å². The van der Waals surface area contributed by atoms with Crippen LogP contribution in [0.15, 0.2) is 29.1 Å². The first-order chi connectivity index (χ1) is 14.8. The van der Waals surface area contributed by atoms with Crippen molar-refractivity contribution in [1.82, 2.24) is 0 Å². The van der Waals surface area contributed by atoms with Crippen molar-refractivity contribution in [3.8, 4) is 46.0 Å². The molecule has 3 rings (SSSR count). The quantitative estimate of drug-likeness (QED) is 0.646. The monoisotopic (exact) mass is 422 g/mol. The van der Waals surface area contributed by atoms with Crippen LogP contribution in [0.2, 0.25) is 0 Å². The fourth-order valence-electron chi connectivity index (χ4n) is 4.63. The van der Waals surface area contributed by atoms with Crippen LogP contribution >= 0.6 is 0 Å². The Hall–Kier alpha value is -3.13. The second-order valence-corrected chi connectivity index (χ2v) is 8.15. The summed E-state index contributed by atoms with van der Waals surface area (Å²) >= 11 is 0. The van der Waals surface area contributed by atoms with E-state index in [2.05, 4.69) is 25.7 Å². The zero-order valence-corrected chi connectivity index (χ0v) is 19.3. The largest absolute Gasteiger partial charge is 0.493 e. The first kappa shape index (κ1) is 22.6. The fourth-order valence-corrected chi connectivity index (χ4v) is 4.63. The topological polar surface area (TPSA) is 54.0 Å². The van der Waals surface area contributed by atoms with Crippen molar-refractivity contribution in [2.45, 2.75) is 39.5 Å². The van der Waals surface area contributed by atoms with Crippen molar-refractivity contribution in [1.29, 1.82) is 0 Å². The molecule has 164 valence electrons. The molecule has 1 aliphatic carbocycles. The van der Waals surface area contributed by atoms with Gasteiger partial charge in [-0.3, -0.25) is 4.79 Å². The van der Waals surface area contributed by atoms with Gasteiger partial charge in [0.15, 0.2) is 17.2 Å². The van der Waals surface area contributed by atoms with Crippen LogP contribution in [0.3, 0.4) is 0 Å². The van der Waals surface area contributed by atoms with Gasteiger partial charge in [0.2, 0.25) is 11.2 Å². The number of hydrogen-bond donors (Lipinski definition) is 0. The fraction of sp³-hybridized carbons (Fsp3) is 0.423. The first-order valence-electron chi connectivity index (χ1n) is 10.3. The van der Waals surface area contributed by atoms with E-state index in [0.29, 0.717) is 23.0 Å². The Balaban J connectivity index is 2.47. The molecule has 1 atom stereocenters. The van der Waals surface area contributed by atoms with Crippen LogP contribution in [0.1, 0.15) is 44.2 Å². The Morgan fingerprint density at radius 1 is 0.935 bits per heavy atom. The molecule has 0 amide bonds. The van der Waals surface area contributed by atoms with Crippen LogP contribution in [0.4, 0.5) is 0 Å². The van der Waals surface area contributed by atoms with Crippen LogP contribution in [0, 0.1) is 17.3 Å². The SMILES string of the molecule is CC#CC(C)(C)[C@H]1CCc2cc(OC)c(OC)c(OC)c2-c2ccc(OC)c(=O)cc21. The van der Waals surface area contributed by atoms with Gasteiger partial charge in [-0.25, -0.2) is 0 Å². The van der Waals surface area contributed by atoms with Crippen LogP contribution in [0.25, 0.3) is 11.1 Å². The molecule has 0 aliphatic heterocycles. The Morgan fingerprint density at radius 2 is 1.61 bits per heavy atom. The molecule has 0 saturated carbocycles. The molecule has 2 aromatic carbocycles. The predicted molar refractivity (Wildman–Crippen MR) is 123 cm³/mol. The molecule has 0 N–H and O–H groups in total. The van der Waals surface area contributed by atoms with Crippen LogP contribution < -0.4 is 24.4 Å². The maximum absolute atomic E-state index is 12.9. The lowest BCUT2D eigenvalue weighted by molar-refractivity contribution is 0.324. The van der Waals surface area contributed by atoms with Crippen molar-refractivity contribution in [2.75, 3.05) is 28.4 Å². The lowest BCUT2D eigenvalue weighted by Crippen LogP contribution is -2.21. The molecular formula is C26H30O5. The van der Waals surface area contributed by atoms with E-state index in [0.717, 1.165) is 35.1 Å². The van der Waals surface area contributed by atoms with E-state index in [4.69, 9.17) is 18.9 Å². The van der Waals surface area contributed by atoms with E-state index in [1.165, 1.54) is 7.11 Å². The lowest BCUT2D eigenvalue weighted by atomic mass is 9.73. The van der Waals surface area contributed by atoms with Gasteiger partial charge >= 0.3 is 0 Å². The van der Waals surface area contributed by atoms with Gasteiger partial charge in [-0.15, -0.1) is 5.92 Å². The summed E-state index contributed by atoms with van der Waals surface area (Å²) in [6.45, 7) is 6.10. The highest BCUT2D eigenvalue weighted by atomic mass is 16.5. The zero-order chi connectivity index (χ0) is 22.8. The van der Waals surface area contributed by atoms with Gasteiger partial charge in [-0.05, 0) is 68.5 Å². The summed E-state index contributed by atoms with van der Waals surface area (Å²) in [5.74, 6) is 8.49. The number of methoxy groups -OCH3 is 4. The lowest BCUT2D eigenvalue weighted by Gasteiger charge is -2.30. The van der Waals surface area contributed by atoms with Gasteiger partial charge in [0.05, 0.1) is 28.4 Å². The van der Waals surface area contributed by atoms with E-state index >= 15 is 0 Å². The third-order valence-corrected chi connectivity index (χ3v) is 6.04. The molecule has 0 spiro atoms. The molecule has 5 heteroatoms. The summed E-state index contributed by atoms with van der Waals surface area (Å²) in [5, 5.41) is 0. The average molecular weight is 423 g/mol. The number of ether oxygens (including phenoxy) is 4. The highest BCUT2D eigenvalue weighted by Crippen LogP contribution is 2.53. The molecule has 0 bridgehead atoms. The molecule has 0 unspecified atom stereocenters. The second-order valence-electron chi connectivity index (χ2n) is 8.15. The normalized spacial score (nSPS) is 14.9. The standard InChI is InChI=1S/C26H30O5/c1-8-13-26(2,3)19-11-9-16-14-22(29-5)24(30-6)25(31-7)23(16)17-10-12-21(28-4)20(27)15-18(17)19/h10,12,14-15,19H,9,11H2,1-7H3/t19-/m0/s1. The number of fused-ring (bicyclic) bond motifs is 3. The van der Waals surface area contributed by atoms with E-state index in [9.17, 15) is 4.79 Å². The van der Waals surface area contributed by atoms with Crippen molar-refractivity contribution in [3.05, 3.63) is 45.6 Å². The third-order valence-electron chi connectivity index (χ3n) is 6.04. The summed E-state index contributed by atoms with van der Waals surface area (Å²) in [6, 6.07) is 7.37. The van der Waals surface area contributed by atoms with Gasteiger partial charge in [0, 0.05) is 16.9 Å². The molecule has 1 aliphatic rings. The third kappa shape index (κ3) is 3.95.